The van der Waals surface area contributed by atoms with Gasteiger partial charge in [0.25, 0.3) is 0 Å². The maximum atomic E-state index is 12.8. The van der Waals surface area contributed by atoms with Crippen molar-refractivity contribution in [1.29, 1.82) is 0 Å². The van der Waals surface area contributed by atoms with Gasteiger partial charge in [-0.2, -0.15) is 0 Å². The predicted molar refractivity (Wildman–Crippen MR) is 76.1 cm³/mol. The van der Waals surface area contributed by atoms with Gasteiger partial charge in [0, 0.05) is 6.54 Å². The molecule has 2 aliphatic rings. The summed E-state index contributed by atoms with van der Waals surface area (Å²) in [7, 11) is 0. The van der Waals surface area contributed by atoms with Crippen molar-refractivity contribution in [2.45, 2.75) is 31.3 Å². The van der Waals surface area contributed by atoms with Gasteiger partial charge in [0.05, 0.1) is 19.1 Å². The Morgan fingerprint density at radius 1 is 1.29 bits per heavy atom. The van der Waals surface area contributed by atoms with Crippen molar-refractivity contribution >= 4 is 11.9 Å². The number of morpholine rings is 1. The van der Waals surface area contributed by atoms with E-state index in [1.54, 1.807) is 4.90 Å². The molecule has 1 saturated heterocycles. The van der Waals surface area contributed by atoms with Crippen molar-refractivity contribution < 1.29 is 19.4 Å². The van der Waals surface area contributed by atoms with Crippen molar-refractivity contribution in [2.75, 3.05) is 19.7 Å². The summed E-state index contributed by atoms with van der Waals surface area (Å²) in [5, 5.41) is 9.04. The van der Waals surface area contributed by atoms with Gasteiger partial charge in [0.1, 0.15) is 0 Å². The van der Waals surface area contributed by atoms with Gasteiger partial charge in [-0.3, -0.25) is 4.79 Å². The van der Waals surface area contributed by atoms with Gasteiger partial charge < -0.3 is 14.7 Å². The van der Waals surface area contributed by atoms with Gasteiger partial charge in [-0.15, -0.1) is 0 Å². The second-order valence-corrected chi connectivity index (χ2v) is 5.63. The standard InChI is InChI=1S/C16H19NO4/c18-15(17-8-9-21-14(10-17)16(19)20)13-7-3-5-11-4-1-2-6-12(11)13/h1-2,4,6,13-14H,3,5,7-10H2,(H,19,20)/t13-,14+/m0/s1. The van der Waals surface area contributed by atoms with E-state index in [0.717, 1.165) is 24.8 Å². The van der Waals surface area contributed by atoms with E-state index in [0.29, 0.717) is 6.54 Å². The minimum Gasteiger partial charge on any atom is -0.479 e. The Morgan fingerprint density at radius 2 is 2.10 bits per heavy atom. The number of carboxylic acid groups (broad SMARTS) is 1. The Morgan fingerprint density at radius 3 is 2.90 bits per heavy atom. The molecule has 112 valence electrons. The number of benzene rings is 1. The van der Waals surface area contributed by atoms with E-state index < -0.39 is 12.1 Å². The van der Waals surface area contributed by atoms with Gasteiger partial charge in [-0.05, 0) is 30.4 Å². The normalized spacial score (nSPS) is 25.2. The van der Waals surface area contributed by atoms with Crippen LogP contribution >= 0.6 is 0 Å². The number of hydrogen-bond donors (Lipinski definition) is 1. The molecule has 3 rings (SSSR count). The number of nitrogens with zero attached hydrogens (tertiary/aromatic N) is 1. The average molecular weight is 289 g/mol. The Bertz CT molecular complexity index is 557. The zero-order valence-electron chi connectivity index (χ0n) is 11.8. The lowest BCUT2D eigenvalue weighted by Crippen LogP contribution is -2.50. The first-order valence-electron chi connectivity index (χ1n) is 7.38. The third-order valence-corrected chi connectivity index (χ3v) is 4.32. The number of amides is 1. The molecule has 1 amide bonds. The van der Waals surface area contributed by atoms with Gasteiger partial charge in [0.2, 0.25) is 5.91 Å². The highest BCUT2D eigenvalue weighted by atomic mass is 16.5. The van der Waals surface area contributed by atoms with Crippen LogP contribution in [0, 0.1) is 0 Å². The van der Waals surface area contributed by atoms with Crippen LogP contribution in [0.3, 0.4) is 0 Å². The van der Waals surface area contributed by atoms with Crippen molar-refractivity contribution in [2.24, 2.45) is 0 Å². The summed E-state index contributed by atoms with van der Waals surface area (Å²) >= 11 is 0. The van der Waals surface area contributed by atoms with Crippen molar-refractivity contribution in [1.82, 2.24) is 4.90 Å². The van der Waals surface area contributed by atoms with E-state index in [2.05, 4.69) is 6.07 Å². The number of fused-ring (bicyclic) bond motifs is 1. The molecule has 0 saturated carbocycles. The molecule has 0 unspecified atom stereocenters. The Kier molecular flexibility index (Phi) is 3.92. The van der Waals surface area contributed by atoms with E-state index in [4.69, 9.17) is 9.84 Å². The lowest BCUT2D eigenvalue weighted by Gasteiger charge is -2.35. The number of aliphatic carboxylic acids is 1. The Labute approximate surface area is 123 Å². The van der Waals surface area contributed by atoms with Crippen molar-refractivity contribution in [3.8, 4) is 0 Å². The summed E-state index contributed by atoms with van der Waals surface area (Å²) in [5.41, 5.74) is 2.34. The quantitative estimate of drug-likeness (QED) is 0.894. The van der Waals surface area contributed by atoms with E-state index in [9.17, 15) is 9.59 Å². The zero-order valence-corrected chi connectivity index (χ0v) is 11.8. The first-order valence-corrected chi connectivity index (χ1v) is 7.38. The summed E-state index contributed by atoms with van der Waals surface area (Å²) in [5.74, 6) is -1.10. The molecule has 2 atom stereocenters. The topological polar surface area (TPSA) is 66.8 Å². The third kappa shape index (κ3) is 2.78. The molecule has 1 aromatic rings. The second-order valence-electron chi connectivity index (χ2n) is 5.63. The largest absolute Gasteiger partial charge is 0.479 e. The van der Waals surface area contributed by atoms with Crippen LogP contribution in [0.25, 0.3) is 0 Å². The SMILES string of the molecule is O=C(O)[C@H]1CN(C(=O)[C@H]2CCCc3ccccc32)CCO1. The highest BCUT2D eigenvalue weighted by Gasteiger charge is 2.34. The molecule has 1 heterocycles. The molecule has 5 heteroatoms. The number of hydrogen-bond acceptors (Lipinski definition) is 3. The molecule has 5 nitrogen and oxygen atoms in total. The molecule has 0 radical (unpaired) electrons. The number of aryl methyl sites for hydroxylation is 1. The van der Waals surface area contributed by atoms with Crippen LogP contribution in [0.5, 0.6) is 0 Å². The second kappa shape index (κ2) is 5.85. The van der Waals surface area contributed by atoms with E-state index in [1.165, 1.54) is 5.56 Å². The summed E-state index contributed by atoms with van der Waals surface area (Å²) in [6.07, 6.45) is 1.95. The monoisotopic (exact) mass is 289 g/mol. The van der Waals surface area contributed by atoms with Crippen LogP contribution in [0.1, 0.15) is 29.9 Å². The molecular weight excluding hydrogens is 270 g/mol. The molecule has 1 aliphatic heterocycles. The number of rotatable bonds is 2. The Balaban J connectivity index is 1.78. The van der Waals surface area contributed by atoms with Crippen LogP contribution in [0.15, 0.2) is 24.3 Å². The molecule has 0 aromatic heterocycles. The number of carboxylic acids is 1. The fourth-order valence-corrected chi connectivity index (χ4v) is 3.23. The zero-order chi connectivity index (χ0) is 14.8. The van der Waals surface area contributed by atoms with Crippen LogP contribution in [0.4, 0.5) is 0 Å². The van der Waals surface area contributed by atoms with Crippen molar-refractivity contribution in [3.05, 3.63) is 35.4 Å². The lowest BCUT2D eigenvalue weighted by molar-refractivity contribution is -0.159. The number of ether oxygens (including phenoxy) is 1. The molecule has 1 aromatic carbocycles. The van der Waals surface area contributed by atoms with Crippen LogP contribution < -0.4 is 0 Å². The predicted octanol–water partition coefficient (Wildman–Crippen LogP) is 1.42. The smallest absolute Gasteiger partial charge is 0.334 e. The highest BCUT2D eigenvalue weighted by molar-refractivity contribution is 5.85. The van der Waals surface area contributed by atoms with Gasteiger partial charge in [-0.25, -0.2) is 4.79 Å². The molecule has 1 aliphatic carbocycles. The fourth-order valence-electron chi connectivity index (χ4n) is 3.23. The summed E-state index contributed by atoms with van der Waals surface area (Å²) in [6.45, 7) is 0.908. The average Bonchev–Trinajstić information content (AvgIpc) is 2.53. The molecule has 1 N–H and O–H groups in total. The van der Waals surface area contributed by atoms with Gasteiger partial charge in [-0.1, -0.05) is 24.3 Å². The first-order chi connectivity index (χ1) is 10.2. The fraction of sp³-hybridized carbons (Fsp3) is 0.500. The Hall–Kier alpha value is -1.88. The number of carbonyl (C=O) groups excluding carboxylic acids is 1. The van der Waals surface area contributed by atoms with E-state index >= 15 is 0 Å². The summed E-state index contributed by atoms with van der Waals surface area (Å²) < 4.78 is 5.18. The number of carbonyl (C=O) groups is 2. The molecule has 1 fully saturated rings. The lowest BCUT2D eigenvalue weighted by atomic mass is 9.82. The molecule has 0 bridgehead atoms. The van der Waals surface area contributed by atoms with E-state index in [-0.39, 0.29) is 25.0 Å². The third-order valence-electron chi connectivity index (χ3n) is 4.32. The first kappa shape index (κ1) is 14.1. The summed E-state index contributed by atoms with van der Waals surface area (Å²) in [4.78, 5) is 25.4. The van der Waals surface area contributed by atoms with Gasteiger partial charge >= 0.3 is 5.97 Å². The van der Waals surface area contributed by atoms with Crippen LogP contribution in [-0.2, 0) is 20.7 Å². The maximum Gasteiger partial charge on any atom is 0.334 e. The molecular formula is C16H19NO4. The minimum absolute atomic E-state index is 0.0386. The van der Waals surface area contributed by atoms with Crippen LogP contribution in [-0.4, -0.2) is 47.7 Å². The van der Waals surface area contributed by atoms with E-state index in [1.807, 2.05) is 18.2 Å². The van der Waals surface area contributed by atoms with Crippen molar-refractivity contribution in [3.63, 3.8) is 0 Å². The highest BCUT2D eigenvalue weighted by Crippen LogP contribution is 2.33. The molecule has 21 heavy (non-hydrogen) atoms. The minimum atomic E-state index is -1.00. The summed E-state index contributed by atoms with van der Waals surface area (Å²) in [6, 6.07) is 8.06. The van der Waals surface area contributed by atoms with Gasteiger partial charge in [0.15, 0.2) is 6.10 Å². The maximum absolute atomic E-state index is 12.8. The van der Waals surface area contributed by atoms with Crippen LogP contribution in [0.2, 0.25) is 0 Å². The molecule has 0 spiro atoms.